The number of aryl methyl sites for hydroxylation is 1. The fourth-order valence-corrected chi connectivity index (χ4v) is 1.58. The summed E-state index contributed by atoms with van der Waals surface area (Å²) in [4.78, 5) is 16.3. The minimum absolute atomic E-state index is 0. The van der Waals surface area contributed by atoms with Gasteiger partial charge < -0.3 is 4.40 Å². The number of aromatic nitrogens is 2. The monoisotopic (exact) mass is 364 g/mol. The van der Waals surface area contributed by atoms with Crippen LogP contribution in [0.3, 0.4) is 0 Å². The number of ketones is 1. The summed E-state index contributed by atoms with van der Waals surface area (Å²) in [6, 6.07) is 5.01. The van der Waals surface area contributed by atoms with Gasteiger partial charge in [-0.1, -0.05) is 54.7 Å². The van der Waals surface area contributed by atoms with Crippen molar-refractivity contribution in [3.63, 3.8) is 0 Å². The van der Waals surface area contributed by atoms with E-state index in [0.717, 1.165) is 17.6 Å². The van der Waals surface area contributed by atoms with Crippen LogP contribution in [0.1, 0.15) is 64.0 Å². The van der Waals surface area contributed by atoms with E-state index >= 15 is 0 Å². The molecular weight excluding hydrogens is 337 g/mol. The molecule has 2 aromatic rings. The summed E-state index contributed by atoms with van der Waals surface area (Å²) in [7, 11) is 0. The van der Waals surface area contributed by atoms with E-state index in [1.54, 1.807) is 6.20 Å². The van der Waals surface area contributed by atoms with Crippen LogP contribution in [-0.4, -0.2) is 15.2 Å². The molecule has 1 radical (unpaired) electrons. The van der Waals surface area contributed by atoms with E-state index in [-0.39, 0.29) is 44.4 Å². The predicted octanol–water partition coefficient (Wildman–Crippen LogP) is 4.72. The van der Waals surface area contributed by atoms with Crippen molar-refractivity contribution in [1.29, 1.82) is 0 Å². The zero-order chi connectivity index (χ0) is 15.7. The molecule has 4 heteroatoms. The Morgan fingerprint density at radius 3 is 2.43 bits per heavy atom. The first-order valence-electron chi connectivity index (χ1n) is 7.53. The Labute approximate surface area is 154 Å². The van der Waals surface area contributed by atoms with Crippen LogP contribution in [-0.2, 0) is 32.7 Å². The second kappa shape index (κ2) is 12.1. The number of rotatable bonds is 3. The maximum absolute atomic E-state index is 11.9. The second-order valence-corrected chi connectivity index (χ2v) is 4.17. The van der Waals surface area contributed by atoms with Crippen molar-refractivity contribution < 1.29 is 37.5 Å². The van der Waals surface area contributed by atoms with Crippen LogP contribution in [0.25, 0.3) is 5.65 Å². The van der Waals surface area contributed by atoms with Crippen LogP contribution in [0.2, 0.25) is 0 Å². The van der Waals surface area contributed by atoms with E-state index in [9.17, 15) is 4.79 Å². The summed E-state index contributed by atoms with van der Waals surface area (Å²) in [5, 5.41) is 0. The molecule has 0 aliphatic rings. The molecule has 3 nitrogen and oxygen atoms in total. The maximum Gasteiger partial charge on any atom is 0.185 e. The molecule has 0 aliphatic heterocycles. The smallest absolute Gasteiger partial charge is 0.185 e. The molecule has 0 spiro atoms. The van der Waals surface area contributed by atoms with Crippen molar-refractivity contribution in [3.8, 4) is 0 Å². The van der Waals surface area contributed by atoms with Gasteiger partial charge in [0, 0.05) is 44.8 Å². The van der Waals surface area contributed by atoms with Gasteiger partial charge in [0.25, 0.3) is 0 Å². The number of hydrogen-bond acceptors (Lipinski definition) is 2. The number of hydrogen-bond donors (Lipinski definition) is 0. The van der Waals surface area contributed by atoms with Crippen LogP contribution >= 0.6 is 0 Å². The van der Waals surface area contributed by atoms with Crippen molar-refractivity contribution in [2.75, 3.05) is 0 Å². The zero-order valence-corrected chi connectivity index (χ0v) is 17.2. The van der Waals surface area contributed by atoms with Crippen molar-refractivity contribution >= 4 is 11.4 Å². The molecule has 2 heterocycles. The van der Waals surface area contributed by atoms with Crippen molar-refractivity contribution in [3.05, 3.63) is 35.8 Å². The molecule has 0 saturated heterocycles. The van der Waals surface area contributed by atoms with Crippen molar-refractivity contribution in [2.45, 2.75) is 54.9 Å². The van der Waals surface area contributed by atoms with Gasteiger partial charge in [-0.2, -0.15) is 6.07 Å². The molecule has 1 atom stereocenters. The number of Topliss-reactive ketones (excluding diaryl/α,β-unsaturated/α-hetero) is 1. The topological polar surface area (TPSA) is 34.4 Å². The van der Waals surface area contributed by atoms with Crippen LogP contribution < -0.4 is 0 Å². The molecule has 115 valence electrons. The molecule has 1 unspecified atom stereocenters. The molecule has 0 bridgehead atoms. The van der Waals surface area contributed by atoms with Gasteiger partial charge in [-0.25, -0.2) is 16.6 Å². The van der Waals surface area contributed by atoms with Crippen LogP contribution in [0.4, 0.5) is 0 Å². The molecule has 0 saturated carbocycles. The Hall–Kier alpha value is -0.536. The van der Waals surface area contributed by atoms with E-state index < -0.39 is 0 Å². The Kier molecular flexibility index (Phi) is 13.1. The third-order valence-electron chi connectivity index (χ3n) is 2.85. The van der Waals surface area contributed by atoms with Gasteiger partial charge in [0.2, 0.25) is 0 Å². The fraction of sp³-hybridized carbons (Fsp3) is 0.529. The summed E-state index contributed by atoms with van der Waals surface area (Å²) >= 11 is 0. The van der Waals surface area contributed by atoms with Crippen LogP contribution in [0.15, 0.2) is 18.5 Å². The predicted molar refractivity (Wildman–Crippen MR) is 85.2 cm³/mol. The number of nitrogens with zero attached hydrogens (tertiary/aromatic N) is 2. The SMILES string of the molecule is CC.CC.CCC(C)C(=O)c1cn2c[c-]c(C)cc2n1.[Y]. The normalized spacial score (nSPS) is 10.4. The standard InChI is InChI=1S/C13H15N2O.2C2H6.Y/c1-4-10(3)13(16)11-8-15-6-5-9(2)7-12(15)14-11;2*1-2;/h6-8,10H,4H2,1-3H3;2*1-2H3;/q-1;;;. The van der Waals surface area contributed by atoms with Gasteiger partial charge in [0.05, 0.1) is 5.65 Å². The Bertz CT molecular complexity index is 535. The largest absolute Gasteiger partial charge is 0.340 e. The number of carbonyl (C=O) groups excluding carboxylic acids is 1. The van der Waals surface area contributed by atoms with Gasteiger partial charge in [-0.3, -0.25) is 4.79 Å². The average molecular weight is 364 g/mol. The number of pyridine rings is 1. The molecule has 0 N–H and O–H groups in total. The Balaban J connectivity index is 0. The van der Waals surface area contributed by atoms with E-state index in [0.29, 0.717) is 5.69 Å². The minimum Gasteiger partial charge on any atom is -0.340 e. The van der Waals surface area contributed by atoms with Crippen molar-refractivity contribution in [1.82, 2.24) is 9.38 Å². The average Bonchev–Trinajstić information content (AvgIpc) is 2.92. The molecule has 21 heavy (non-hydrogen) atoms. The quantitative estimate of drug-likeness (QED) is 0.583. The Morgan fingerprint density at radius 2 is 1.90 bits per heavy atom. The second-order valence-electron chi connectivity index (χ2n) is 4.17. The fourth-order valence-electron chi connectivity index (χ4n) is 1.58. The van der Waals surface area contributed by atoms with Gasteiger partial charge in [-0.05, 0) is 6.42 Å². The number of carbonyl (C=O) groups is 1. The number of imidazole rings is 1. The van der Waals surface area contributed by atoms with E-state index in [1.807, 2.05) is 65.1 Å². The Morgan fingerprint density at radius 1 is 1.33 bits per heavy atom. The van der Waals surface area contributed by atoms with E-state index in [4.69, 9.17) is 0 Å². The molecule has 0 aromatic carbocycles. The van der Waals surface area contributed by atoms with Crippen LogP contribution in [0.5, 0.6) is 0 Å². The summed E-state index contributed by atoms with van der Waals surface area (Å²) in [5.41, 5.74) is 2.39. The van der Waals surface area contributed by atoms with Gasteiger partial charge in [-0.15, -0.1) is 0 Å². The maximum atomic E-state index is 11.9. The molecule has 0 fully saturated rings. The molecule has 0 aliphatic carbocycles. The molecule has 2 rings (SSSR count). The summed E-state index contributed by atoms with van der Waals surface area (Å²) in [6.45, 7) is 13.9. The third kappa shape index (κ3) is 6.40. The summed E-state index contributed by atoms with van der Waals surface area (Å²) < 4.78 is 1.84. The zero-order valence-electron chi connectivity index (χ0n) is 14.4. The van der Waals surface area contributed by atoms with E-state index in [2.05, 4.69) is 11.1 Å². The van der Waals surface area contributed by atoms with Crippen molar-refractivity contribution in [2.24, 2.45) is 5.92 Å². The molecular formula is C17H27N2OY-. The van der Waals surface area contributed by atoms with Gasteiger partial charge >= 0.3 is 0 Å². The molecule has 0 amide bonds. The summed E-state index contributed by atoms with van der Waals surface area (Å²) in [6.07, 6.45) is 4.43. The van der Waals surface area contributed by atoms with Gasteiger partial charge in [0.1, 0.15) is 5.69 Å². The molecule has 2 aromatic heterocycles. The number of fused-ring (bicyclic) bond motifs is 1. The first-order valence-corrected chi connectivity index (χ1v) is 7.53. The minimum atomic E-state index is 0. The first kappa shape index (κ1) is 22.7. The van der Waals surface area contributed by atoms with Crippen LogP contribution in [0, 0.1) is 18.9 Å². The first-order chi connectivity index (χ1) is 9.61. The van der Waals surface area contributed by atoms with E-state index in [1.165, 1.54) is 0 Å². The third-order valence-corrected chi connectivity index (χ3v) is 2.85. The van der Waals surface area contributed by atoms with Gasteiger partial charge in [0.15, 0.2) is 5.78 Å². The summed E-state index contributed by atoms with van der Waals surface area (Å²) in [5.74, 6) is 0.152.